The molecule has 0 aliphatic heterocycles. The minimum Gasteiger partial charge on any atom is -0.303 e. The topological polar surface area (TPSA) is 73.2 Å². The van der Waals surface area contributed by atoms with Gasteiger partial charge in [0.05, 0.1) is 0 Å². The van der Waals surface area contributed by atoms with Crippen molar-refractivity contribution in [3.8, 4) is 6.07 Å². The Kier molecular flexibility index (Phi) is 5.75. The molecule has 18 heavy (non-hydrogen) atoms. The molecule has 0 unspecified atom stereocenters. The number of sulfonamides is 1. The van der Waals surface area contributed by atoms with Crippen LogP contribution in [-0.4, -0.2) is 39.5 Å². The molecule has 0 aromatic carbocycles. The monoisotopic (exact) mass is 287 g/mol. The fourth-order valence-electron chi connectivity index (χ4n) is 1.47. The lowest BCUT2D eigenvalue weighted by Gasteiger charge is -2.17. The molecule has 0 fully saturated rings. The third-order valence-electron chi connectivity index (χ3n) is 2.57. The first-order valence-electron chi connectivity index (χ1n) is 5.75. The molecule has 1 aromatic rings. The first-order valence-corrected chi connectivity index (χ1v) is 8.05. The molecule has 7 heteroatoms. The molecule has 0 spiro atoms. The van der Waals surface area contributed by atoms with E-state index in [-0.39, 0.29) is 4.21 Å². The van der Waals surface area contributed by atoms with Crippen LogP contribution in [0.15, 0.2) is 16.3 Å². The quantitative estimate of drug-likeness (QED) is 0.819. The zero-order chi connectivity index (χ0) is 13.6. The van der Waals surface area contributed by atoms with Gasteiger partial charge in [0, 0.05) is 13.1 Å². The Labute approximate surface area is 112 Å². The summed E-state index contributed by atoms with van der Waals surface area (Å²) in [6.07, 6.45) is 0. The van der Waals surface area contributed by atoms with E-state index < -0.39 is 10.0 Å². The number of likely N-dealkylation sites (N-methyl/N-ethyl adjacent to an activating group) is 1. The predicted octanol–water partition coefficient (Wildman–Crippen LogP) is 1.24. The van der Waals surface area contributed by atoms with Crippen LogP contribution in [0.1, 0.15) is 18.7 Å². The molecule has 100 valence electrons. The second-order valence-electron chi connectivity index (χ2n) is 3.66. The van der Waals surface area contributed by atoms with Crippen molar-refractivity contribution in [2.45, 2.75) is 18.1 Å². The van der Waals surface area contributed by atoms with Gasteiger partial charge in [-0.05, 0) is 25.2 Å². The van der Waals surface area contributed by atoms with Crippen LogP contribution in [0.5, 0.6) is 0 Å². The summed E-state index contributed by atoms with van der Waals surface area (Å²) in [7, 11) is -3.47. The van der Waals surface area contributed by atoms with Crippen LogP contribution in [0.4, 0.5) is 0 Å². The first kappa shape index (κ1) is 15.1. The molecule has 0 bridgehead atoms. The fraction of sp³-hybridized carbons (Fsp3) is 0.545. The minimum atomic E-state index is -3.47. The number of nitrogens with zero attached hydrogens (tertiary/aromatic N) is 2. The highest BCUT2D eigenvalue weighted by molar-refractivity contribution is 7.91. The molecule has 0 saturated heterocycles. The highest BCUT2D eigenvalue weighted by Gasteiger charge is 2.16. The Balaban J connectivity index is 2.58. The van der Waals surface area contributed by atoms with Gasteiger partial charge in [-0.2, -0.15) is 5.26 Å². The van der Waals surface area contributed by atoms with Crippen molar-refractivity contribution in [2.24, 2.45) is 0 Å². The Bertz CT molecular complexity index is 513. The number of nitrogens with one attached hydrogen (secondary N) is 1. The predicted molar refractivity (Wildman–Crippen MR) is 72.0 cm³/mol. The second-order valence-corrected chi connectivity index (χ2v) is 6.73. The lowest BCUT2D eigenvalue weighted by Crippen LogP contribution is -2.34. The van der Waals surface area contributed by atoms with Crippen LogP contribution in [-0.2, 0) is 10.0 Å². The van der Waals surface area contributed by atoms with E-state index in [9.17, 15) is 8.42 Å². The first-order chi connectivity index (χ1) is 8.53. The highest BCUT2D eigenvalue weighted by atomic mass is 32.2. The van der Waals surface area contributed by atoms with Gasteiger partial charge in [-0.3, -0.25) is 0 Å². The van der Waals surface area contributed by atoms with E-state index in [1.54, 1.807) is 0 Å². The minimum absolute atomic E-state index is 0.193. The average molecular weight is 287 g/mol. The smallest absolute Gasteiger partial charge is 0.250 e. The van der Waals surface area contributed by atoms with Gasteiger partial charge in [0.1, 0.15) is 15.2 Å². The van der Waals surface area contributed by atoms with Crippen LogP contribution < -0.4 is 4.72 Å². The molecule has 1 rings (SSSR count). The van der Waals surface area contributed by atoms with Crippen molar-refractivity contribution < 1.29 is 8.42 Å². The fourth-order valence-corrected chi connectivity index (χ4v) is 3.64. The lowest BCUT2D eigenvalue weighted by atomic mass is 10.5. The Hall–Kier alpha value is -0.940. The number of hydrogen-bond acceptors (Lipinski definition) is 5. The van der Waals surface area contributed by atoms with E-state index in [4.69, 9.17) is 5.26 Å². The van der Waals surface area contributed by atoms with E-state index in [2.05, 4.69) is 9.62 Å². The molecule has 0 aliphatic rings. The Morgan fingerprint density at radius 1 is 1.39 bits per heavy atom. The van der Waals surface area contributed by atoms with Gasteiger partial charge in [0.2, 0.25) is 10.0 Å². The van der Waals surface area contributed by atoms with Gasteiger partial charge >= 0.3 is 0 Å². The Morgan fingerprint density at radius 3 is 2.56 bits per heavy atom. The van der Waals surface area contributed by atoms with Crippen molar-refractivity contribution in [2.75, 3.05) is 26.2 Å². The largest absolute Gasteiger partial charge is 0.303 e. The molecular formula is C11H17N3O2S2. The normalized spacial score (nSPS) is 11.7. The third-order valence-corrected chi connectivity index (χ3v) is 5.51. The summed E-state index contributed by atoms with van der Waals surface area (Å²) in [5.41, 5.74) is 0. The van der Waals surface area contributed by atoms with E-state index in [0.717, 1.165) is 24.4 Å². The molecule has 1 aromatic heterocycles. The van der Waals surface area contributed by atoms with Crippen molar-refractivity contribution in [1.82, 2.24) is 9.62 Å². The summed E-state index contributed by atoms with van der Waals surface area (Å²) in [6, 6.07) is 4.91. The van der Waals surface area contributed by atoms with Crippen molar-refractivity contribution >= 4 is 21.4 Å². The molecular weight excluding hydrogens is 270 g/mol. The van der Waals surface area contributed by atoms with Gasteiger partial charge in [-0.25, -0.2) is 13.1 Å². The maximum Gasteiger partial charge on any atom is 0.250 e. The maximum absolute atomic E-state index is 11.9. The summed E-state index contributed by atoms with van der Waals surface area (Å²) in [6.45, 7) is 6.94. The van der Waals surface area contributed by atoms with Gasteiger partial charge < -0.3 is 4.90 Å². The van der Waals surface area contributed by atoms with Crippen LogP contribution in [0.3, 0.4) is 0 Å². The standard InChI is InChI=1S/C11H17N3O2S2/c1-3-14(4-2)8-7-13-18(15,16)11-6-5-10(9-12)17-11/h5-6,13H,3-4,7-8H2,1-2H3. The van der Waals surface area contributed by atoms with Crippen molar-refractivity contribution in [3.05, 3.63) is 17.0 Å². The summed E-state index contributed by atoms with van der Waals surface area (Å²) in [4.78, 5) is 2.54. The summed E-state index contributed by atoms with van der Waals surface area (Å²) >= 11 is 0.985. The van der Waals surface area contributed by atoms with E-state index >= 15 is 0 Å². The zero-order valence-electron chi connectivity index (χ0n) is 10.5. The number of thiophene rings is 1. The van der Waals surface area contributed by atoms with Gasteiger partial charge in [0.25, 0.3) is 0 Å². The summed E-state index contributed by atoms with van der Waals surface area (Å²) in [5.74, 6) is 0. The maximum atomic E-state index is 11.9. The zero-order valence-corrected chi connectivity index (χ0v) is 12.1. The molecule has 0 saturated carbocycles. The molecule has 1 heterocycles. The van der Waals surface area contributed by atoms with Crippen LogP contribution >= 0.6 is 11.3 Å². The van der Waals surface area contributed by atoms with Crippen molar-refractivity contribution in [1.29, 1.82) is 5.26 Å². The second kappa shape index (κ2) is 6.85. The molecule has 0 radical (unpaired) electrons. The van der Waals surface area contributed by atoms with Gasteiger partial charge in [0.15, 0.2) is 0 Å². The number of nitriles is 1. The molecule has 5 nitrogen and oxygen atoms in total. The van der Waals surface area contributed by atoms with Gasteiger partial charge in [-0.15, -0.1) is 11.3 Å². The van der Waals surface area contributed by atoms with E-state index in [0.29, 0.717) is 18.0 Å². The van der Waals surface area contributed by atoms with Crippen LogP contribution in [0.25, 0.3) is 0 Å². The molecule has 1 N–H and O–H groups in total. The SMILES string of the molecule is CCN(CC)CCNS(=O)(=O)c1ccc(C#N)s1. The molecule has 0 atom stereocenters. The number of rotatable bonds is 7. The molecule has 0 aliphatic carbocycles. The molecule has 0 amide bonds. The van der Waals surface area contributed by atoms with E-state index in [1.165, 1.54) is 12.1 Å². The summed E-state index contributed by atoms with van der Waals surface area (Å²) in [5, 5.41) is 8.67. The third kappa shape index (κ3) is 4.07. The average Bonchev–Trinajstić information content (AvgIpc) is 2.84. The number of hydrogen-bond donors (Lipinski definition) is 1. The Morgan fingerprint density at radius 2 is 2.06 bits per heavy atom. The highest BCUT2D eigenvalue weighted by Crippen LogP contribution is 2.20. The van der Waals surface area contributed by atoms with E-state index in [1.807, 2.05) is 19.9 Å². The van der Waals surface area contributed by atoms with Crippen molar-refractivity contribution in [3.63, 3.8) is 0 Å². The van der Waals surface area contributed by atoms with Crippen LogP contribution in [0.2, 0.25) is 0 Å². The van der Waals surface area contributed by atoms with Gasteiger partial charge in [-0.1, -0.05) is 13.8 Å². The van der Waals surface area contributed by atoms with Crippen LogP contribution in [0, 0.1) is 11.3 Å². The summed E-state index contributed by atoms with van der Waals surface area (Å²) < 4.78 is 26.5. The lowest BCUT2D eigenvalue weighted by molar-refractivity contribution is 0.309.